The fraction of sp³-hybridized carbons (Fsp3) is 0.286. The number of nitrogens with zero attached hydrogens (tertiary/aromatic N) is 3. The summed E-state index contributed by atoms with van der Waals surface area (Å²) < 4.78 is 0. The fourth-order valence-corrected chi connectivity index (χ4v) is 0.773. The van der Waals surface area contributed by atoms with Crippen LogP contribution in [0.5, 0.6) is 0 Å². The van der Waals surface area contributed by atoms with Gasteiger partial charge in [0.1, 0.15) is 0 Å². The number of aromatic nitrogens is 4. The van der Waals surface area contributed by atoms with E-state index in [9.17, 15) is 0 Å². The van der Waals surface area contributed by atoms with E-state index in [1.54, 1.807) is 0 Å². The molecule has 0 atom stereocenters. The van der Waals surface area contributed by atoms with Crippen LogP contribution in [0.3, 0.4) is 0 Å². The largest absolute Gasteiger partial charge is 0.239 e. The van der Waals surface area contributed by atoms with E-state index in [2.05, 4.69) is 20.6 Å². The number of tetrazole rings is 1. The van der Waals surface area contributed by atoms with Crippen molar-refractivity contribution in [2.75, 3.05) is 0 Å². The number of H-pyrrole nitrogens is 1. The van der Waals surface area contributed by atoms with E-state index in [0.29, 0.717) is 5.82 Å². The molecule has 1 aromatic heterocycles. The Morgan fingerprint density at radius 2 is 2.27 bits per heavy atom. The highest BCUT2D eigenvalue weighted by atomic mass is 15.5. The smallest absolute Gasteiger partial charge is 0.179 e. The Labute approximate surface area is 65.0 Å². The molecule has 1 rings (SSSR count). The number of aromatic amines is 1. The Morgan fingerprint density at radius 1 is 1.45 bits per heavy atom. The lowest BCUT2D eigenvalue weighted by molar-refractivity contribution is 0.881. The molecule has 0 spiro atoms. The van der Waals surface area contributed by atoms with Gasteiger partial charge in [-0.15, -0.1) is 5.10 Å². The molecule has 58 valence electrons. The molecule has 0 bridgehead atoms. The zero-order valence-corrected chi connectivity index (χ0v) is 6.57. The van der Waals surface area contributed by atoms with Gasteiger partial charge in [-0.3, -0.25) is 0 Å². The first-order chi connectivity index (χ1) is 5.38. The van der Waals surface area contributed by atoms with E-state index in [-0.39, 0.29) is 0 Å². The standard InChI is InChI=1S/C7H10N4/c1-3-5-6(4-2)7-8-10-11-9-7/h3-5H,1-2H3,(H,8,9,10,11)/b5-3-,6-4+. The number of rotatable bonds is 2. The summed E-state index contributed by atoms with van der Waals surface area (Å²) >= 11 is 0. The second-order valence-electron chi connectivity index (χ2n) is 1.99. The van der Waals surface area contributed by atoms with Crippen LogP contribution in [-0.4, -0.2) is 20.6 Å². The highest BCUT2D eigenvalue weighted by Gasteiger charge is 1.98. The minimum absolute atomic E-state index is 0.700. The molecule has 0 radical (unpaired) electrons. The van der Waals surface area contributed by atoms with E-state index >= 15 is 0 Å². The third kappa shape index (κ3) is 1.73. The summed E-state index contributed by atoms with van der Waals surface area (Å²) in [6.45, 7) is 3.89. The summed E-state index contributed by atoms with van der Waals surface area (Å²) in [4.78, 5) is 0. The van der Waals surface area contributed by atoms with Crippen LogP contribution in [0.4, 0.5) is 0 Å². The number of hydrogen-bond acceptors (Lipinski definition) is 3. The van der Waals surface area contributed by atoms with Gasteiger partial charge in [-0.05, 0) is 24.3 Å². The highest BCUT2D eigenvalue weighted by molar-refractivity contribution is 5.68. The summed E-state index contributed by atoms with van der Waals surface area (Å²) in [6.07, 6.45) is 5.84. The number of allylic oxidation sites excluding steroid dienone is 4. The monoisotopic (exact) mass is 150 g/mol. The second kappa shape index (κ2) is 3.65. The van der Waals surface area contributed by atoms with Crippen LogP contribution in [0.15, 0.2) is 18.2 Å². The van der Waals surface area contributed by atoms with Crippen molar-refractivity contribution in [2.45, 2.75) is 13.8 Å². The van der Waals surface area contributed by atoms with Crippen LogP contribution >= 0.6 is 0 Å². The molecule has 0 aliphatic rings. The second-order valence-corrected chi connectivity index (χ2v) is 1.99. The molecule has 11 heavy (non-hydrogen) atoms. The van der Waals surface area contributed by atoms with Gasteiger partial charge in [0, 0.05) is 5.57 Å². The summed E-state index contributed by atoms with van der Waals surface area (Å²) in [6, 6.07) is 0. The first kappa shape index (κ1) is 7.65. The van der Waals surface area contributed by atoms with Crippen molar-refractivity contribution in [3.8, 4) is 0 Å². The Bertz CT molecular complexity index is 258. The van der Waals surface area contributed by atoms with E-state index in [1.165, 1.54) is 0 Å². The van der Waals surface area contributed by atoms with Gasteiger partial charge in [0.15, 0.2) is 5.82 Å². The minimum Gasteiger partial charge on any atom is -0.239 e. The average Bonchev–Trinajstić information content (AvgIpc) is 2.52. The maximum atomic E-state index is 3.77. The molecule has 0 aliphatic heterocycles. The fourth-order valence-electron chi connectivity index (χ4n) is 0.773. The molecule has 0 amide bonds. The van der Waals surface area contributed by atoms with Crippen molar-refractivity contribution >= 4 is 5.57 Å². The molecule has 4 heteroatoms. The van der Waals surface area contributed by atoms with Gasteiger partial charge in [0.05, 0.1) is 0 Å². The van der Waals surface area contributed by atoms with Gasteiger partial charge in [-0.25, -0.2) is 5.10 Å². The van der Waals surface area contributed by atoms with Crippen molar-refractivity contribution in [1.82, 2.24) is 20.6 Å². The SMILES string of the molecule is C/C=C\C(=C/C)c1nnn[nH]1. The van der Waals surface area contributed by atoms with E-state index in [0.717, 1.165) is 5.57 Å². The van der Waals surface area contributed by atoms with E-state index in [4.69, 9.17) is 0 Å². The first-order valence-electron chi connectivity index (χ1n) is 3.41. The molecule has 4 nitrogen and oxygen atoms in total. The Kier molecular flexibility index (Phi) is 2.54. The molecule has 0 fully saturated rings. The first-order valence-corrected chi connectivity index (χ1v) is 3.41. The molecule has 0 aliphatic carbocycles. The molecular formula is C7H10N4. The molecule has 0 aromatic carbocycles. The van der Waals surface area contributed by atoms with E-state index < -0.39 is 0 Å². The van der Waals surface area contributed by atoms with Crippen LogP contribution < -0.4 is 0 Å². The Hall–Kier alpha value is -1.45. The summed E-state index contributed by atoms with van der Waals surface area (Å²) in [5.74, 6) is 0.700. The molecule has 0 unspecified atom stereocenters. The van der Waals surface area contributed by atoms with Crippen LogP contribution in [0.1, 0.15) is 19.7 Å². The van der Waals surface area contributed by atoms with Crippen molar-refractivity contribution < 1.29 is 0 Å². The maximum absolute atomic E-state index is 3.77. The normalized spacial score (nSPS) is 12.7. The van der Waals surface area contributed by atoms with Crippen molar-refractivity contribution in [3.63, 3.8) is 0 Å². The van der Waals surface area contributed by atoms with Gasteiger partial charge < -0.3 is 0 Å². The third-order valence-electron chi connectivity index (χ3n) is 1.28. The van der Waals surface area contributed by atoms with Crippen molar-refractivity contribution in [1.29, 1.82) is 0 Å². The van der Waals surface area contributed by atoms with Crippen LogP contribution in [0.2, 0.25) is 0 Å². The lowest BCUT2D eigenvalue weighted by Gasteiger charge is -1.90. The molecule has 1 N–H and O–H groups in total. The van der Waals surface area contributed by atoms with Gasteiger partial charge in [0.25, 0.3) is 0 Å². The van der Waals surface area contributed by atoms with Gasteiger partial charge in [-0.2, -0.15) is 0 Å². The predicted octanol–water partition coefficient (Wildman–Crippen LogP) is 1.18. The predicted molar refractivity (Wildman–Crippen MR) is 42.6 cm³/mol. The lowest BCUT2D eigenvalue weighted by atomic mass is 10.2. The number of hydrogen-bond donors (Lipinski definition) is 1. The summed E-state index contributed by atoms with van der Waals surface area (Å²) in [5, 5.41) is 13.4. The molecule has 0 saturated carbocycles. The Balaban J connectivity index is 2.89. The van der Waals surface area contributed by atoms with E-state index in [1.807, 2.05) is 32.1 Å². The third-order valence-corrected chi connectivity index (χ3v) is 1.28. The van der Waals surface area contributed by atoms with Gasteiger partial charge >= 0.3 is 0 Å². The summed E-state index contributed by atoms with van der Waals surface area (Å²) in [7, 11) is 0. The zero-order chi connectivity index (χ0) is 8.10. The van der Waals surface area contributed by atoms with Crippen LogP contribution in [0.25, 0.3) is 5.57 Å². The highest BCUT2D eigenvalue weighted by Crippen LogP contribution is 2.07. The molecule has 0 saturated heterocycles. The number of nitrogens with one attached hydrogen (secondary N) is 1. The van der Waals surface area contributed by atoms with Crippen molar-refractivity contribution in [2.24, 2.45) is 0 Å². The van der Waals surface area contributed by atoms with Gasteiger partial charge in [-0.1, -0.05) is 18.2 Å². The minimum atomic E-state index is 0.700. The van der Waals surface area contributed by atoms with Crippen LogP contribution in [-0.2, 0) is 0 Å². The van der Waals surface area contributed by atoms with Crippen LogP contribution in [0, 0.1) is 0 Å². The molecular weight excluding hydrogens is 140 g/mol. The Morgan fingerprint density at radius 3 is 2.73 bits per heavy atom. The van der Waals surface area contributed by atoms with Crippen molar-refractivity contribution in [3.05, 3.63) is 24.1 Å². The lowest BCUT2D eigenvalue weighted by Crippen LogP contribution is -1.83. The molecule has 1 aromatic rings. The maximum Gasteiger partial charge on any atom is 0.179 e. The topological polar surface area (TPSA) is 54.5 Å². The summed E-state index contributed by atoms with van der Waals surface area (Å²) in [5.41, 5.74) is 0.998. The molecule has 1 heterocycles. The average molecular weight is 150 g/mol. The van der Waals surface area contributed by atoms with Gasteiger partial charge in [0.2, 0.25) is 0 Å². The zero-order valence-electron chi connectivity index (χ0n) is 6.57. The quantitative estimate of drug-likeness (QED) is 0.644.